The molecule has 1 aromatic carbocycles. The summed E-state index contributed by atoms with van der Waals surface area (Å²) in [6.45, 7) is 3.55. The average molecular weight is 335 g/mol. The fraction of sp³-hybridized carbons (Fsp3) is 0.375. The van der Waals surface area contributed by atoms with Gasteiger partial charge in [-0.2, -0.15) is 5.10 Å². The highest BCUT2D eigenvalue weighted by Crippen LogP contribution is 2.22. The molecule has 0 bridgehead atoms. The monoisotopic (exact) mass is 334 g/mol. The predicted molar refractivity (Wildman–Crippen MR) is 88.0 cm³/mol. The van der Waals surface area contributed by atoms with Crippen LogP contribution in [0.5, 0.6) is 0 Å². The summed E-state index contributed by atoms with van der Waals surface area (Å²) in [5, 5.41) is 20.6. The number of para-hydroxylation sites is 1. The third kappa shape index (κ3) is 3.24. The number of aliphatic hydroxyl groups excluding tert-OH is 1. The lowest BCUT2D eigenvalue weighted by Crippen LogP contribution is -2.34. The second-order valence-electron chi connectivity index (χ2n) is 5.70. The fourth-order valence-corrected chi connectivity index (χ4v) is 2.96. The standard InChI is InChI=1S/C16H19ClN4O2/c1-10-12(16(23)19-7-11-6-18-9-15(11)22)8-20-21(10)14-5-3-2-4-13(14)17/h2-5,8,11,15,18,22H,6-7,9H2,1H3,(H,19,23). The fourth-order valence-electron chi connectivity index (χ4n) is 2.75. The van der Waals surface area contributed by atoms with Crippen molar-refractivity contribution in [2.45, 2.75) is 13.0 Å². The van der Waals surface area contributed by atoms with Gasteiger partial charge < -0.3 is 15.7 Å². The maximum atomic E-state index is 12.4. The molecule has 0 spiro atoms. The minimum absolute atomic E-state index is 0.0397. The molecule has 2 atom stereocenters. The van der Waals surface area contributed by atoms with Crippen LogP contribution in [-0.2, 0) is 0 Å². The molecule has 1 aliphatic heterocycles. The summed E-state index contributed by atoms with van der Waals surface area (Å²) in [6.07, 6.45) is 1.12. The first kappa shape index (κ1) is 16.0. The molecule has 1 aliphatic rings. The average Bonchev–Trinajstić information content (AvgIpc) is 3.11. The topological polar surface area (TPSA) is 79.2 Å². The van der Waals surface area contributed by atoms with Crippen LogP contribution in [0, 0.1) is 12.8 Å². The summed E-state index contributed by atoms with van der Waals surface area (Å²) >= 11 is 6.19. The highest BCUT2D eigenvalue weighted by atomic mass is 35.5. The van der Waals surface area contributed by atoms with Crippen molar-refractivity contribution in [2.75, 3.05) is 19.6 Å². The Balaban J connectivity index is 1.74. The van der Waals surface area contributed by atoms with Crippen molar-refractivity contribution >= 4 is 17.5 Å². The molecule has 2 unspecified atom stereocenters. The molecule has 122 valence electrons. The van der Waals surface area contributed by atoms with Crippen molar-refractivity contribution in [3.05, 3.63) is 46.7 Å². The van der Waals surface area contributed by atoms with Crippen LogP contribution >= 0.6 is 11.6 Å². The van der Waals surface area contributed by atoms with Crippen molar-refractivity contribution in [1.82, 2.24) is 20.4 Å². The highest BCUT2D eigenvalue weighted by Gasteiger charge is 2.25. The Kier molecular flexibility index (Phi) is 4.66. The van der Waals surface area contributed by atoms with Crippen molar-refractivity contribution < 1.29 is 9.90 Å². The molecule has 0 radical (unpaired) electrons. The molecule has 6 nitrogen and oxygen atoms in total. The van der Waals surface area contributed by atoms with Crippen molar-refractivity contribution in [3.8, 4) is 5.69 Å². The first-order valence-corrected chi connectivity index (χ1v) is 7.92. The minimum atomic E-state index is -0.415. The number of aromatic nitrogens is 2. The van der Waals surface area contributed by atoms with Gasteiger partial charge in [-0.25, -0.2) is 4.68 Å². The van der Waals surface area contributed by atoms with E-state index in [-0.39, 0.29) is 11.8 Å². The number of amides is 1. The van der Waals surface area contributed by atoms with Crippen LogP contribution < -0.4 is 10.6 Å². The Hall–Kier alpha value is -1.89. The number of carbonyl (C=O) groups excluding carboxylic acids is 1. The SMILES string of the molecule is Cc1c(C(=O)NCC2CNCC2O)cnn1-c1ccccc1Cl. The van der Waals surface area contributed by atoms with E-state index in [9.17, 15) is 9.90 Å². The van der Waals surface area contributed by atoms with Crippen LogP contribution in [0.25, 0.3) is 5.69 Å². The van der Waals surface area contributed by atoms with Crippen molar-refractivity contribution in [3.63, 3.8) is 0 Å². The smallest absolute Gasteiger partial charge is 0.254 e. The first-order valence-electron chi connectivity index (χ1n) is 7.54. The molecule has 0 aliphatic carbocycles. The van der Waals surface area contributed by atoms with Gasteiger partial charge in [0.1, 0.15) is 0 Å². The molecule has 1 saturated heterocycles. The van der Waals surface area contributed by atoms with Crippen molar-refractivity contribution in [1.29, 1.82) is 0 Å². The van der Waals surface area contributed by atoms with E-state index in [1.54, 1.807) is 10.7 Å². The summed E-state index contributed by atoms with van der Waals surface area (Å²) in [5.74, 6) is -0.155. The molecule has 23 heavy (non-hydrogen) atoms. The van der Waals surface area contributed by atoms with Crippen LogP contribution in [0.1, 0.15) is 16.1 Å². The lowest BCUT2D eigenvalue weighted by Gasteiger charge is -2.14. The normalized spacial score (nSPS) is 20.7. The lowest BCUT2D eigenvalue weighted by atomic mass is 10.1. The van der Waals surface area contributed by atoms with Gasteiger partial charge in [0.15, 0.2) is 0 Å². The maximum Gasteiger partial charge on any atom is 0.254 e. The number of rotatable bonds is 4. The van der Waals surface area contributed by atoms with E-state index in [1.807, 2.05) is 25.1 Å². The molecule has 1 amide bonds. The quantitative estimate of drug-likeness (QED) is 0.783. The van der Waals surface area contributed by atoms with Gasteiger partial charge in [0, 0.05) is 25.6 Å². The van der Waals surface area contributed by atoms with Crippen LogP contribution in [0.4, 0.5) is 0 Å². The van der Waals surface area contributed by atoms with Crippen LogP contribution in [0.15, 0.2) is 30.5 Å². The largest absolute Gasteiger partial charge is 0.391 e. The second kappa shape index (κ2) is 6.70. The van der Waals surface area contributed by atoms with Gasteiger partial charge >= 0.3 is 0 Å². The predicted octanol–water partition coefficient (Wildman–Crippen LogP) is 1.14. The summed E-state index contributed by atoms with van der Waals surface area (Å²) in [5.41, 5.74) is 1.96. The lowest BCUT2D eigenvalue weighted by molar-refractivity contribution is 0.0926. The molecule has 1 aromatic heterocycles. The van der Waals surface area contributed by atoms with Gasteiger partial charge in [0.2, 0.25) is 0 Å². The Morgan fingerprint density at radius 3 is 2.96 bits per heavy atom. The molecule has 2 aromatic rings. The molecule has 7 heteroatoms. The van der Waals surface area contributed by atoms with E-state index < -0.39 is 6.10 Å². The van der Waals surface area contributed by atoms with Gasteiger partial charge in [0.05, 0.1) is 34.3 Å². The number of aliphatic hydroxyl groups is 1. The van der Waals surface area contributed by atoms with Gasteiger partial charge in [-0.15, -0.1) is 0 Å². The Morgan fingerprint density at radius 2 is 2.26 bits per heavy atom. The van der Waals surface area contributed by atoms with Gasteiger partial charge in [0.25, 0.3) is 5.91 Å². The van der Waals surface area contributed by atoms with E-state index >= 15 is 0 Å². The molecule has 3 rings (SSSR count). The number of nitrogens with zero attached hydrogens (tertiary/aromatic N) is 2. The number of hydrogen-bond donors (Lipinski definition) is 3. The Morgan fingerprint density at radius 1 is 1.48 bits per heavy atom. The number of benzene rings is 1. The molecule has 1 fully saturated rings. The van der Waals surface area contributed by atoms with Gasteiger partial charge in [-0.05, 0) is 19.1 Å². The number of β-amino-alcohol motifs (C(OH)–C–C–N with tert-alkyl or cyclic N) is 1. The first-order chi connectivity index (χ1) is 11.1. The van der Waals surface area contributed by atoms with Gasteiger partial charge in [-0.3, -0.25) is 4.79 Å². The molecular weight excluding hydrogens is 316 g/mol. The Bertz CT molecular complexity index is 716. The van der Waals surface area contributed by atoms with Crippen LogP contribution in [0.3, 0.4) is 0 Å². The van der Waals surface area contributed by atoms with E-state index in [2.05, 4.69) is 15.7 Å². The molecule has 0 saturated carbocycles. The third-order valence-electron chi connectivity index (χ3n) is 4.16. The molecular formula is C16H19ClN4O2. The van der Waals surface area contributed by atoms with Crippen LogP contribution in [0.2, 0.25) is 5.02 Å². The highest BCUT2D eigenvalue weighted by molar-refractivity contribution is 6.32. The zero-order valence-corrected chi connectivity index (χ0v) is 13.5. The van der Waals surface area contributed by atoms with E-state index in [4.69, 9.17) is 11.6 Å². The maximum absolute atomic E-state index is 12.4. The number of halogens is 1. The van der Waals surface area contributed by atoms with Crippen molar-refractivity contribution in [2.24, 2.45) is 5.92 Å². The second-order valence-corrected chi connectivity index (χ2v) is 6.11. The minimum Gasteiger partial charge on any atom is -0.391 e. The van der Waals surface area contributed by atoms with Gasteiger partial charge in [-0.1, -0.05) is 23.7 Å². The third-order valence-corrected chi connectivity index (χ3v) is 4.48. The van der Waals surface area contributed by atoms with E-state index in [1.165, 1.54) is 6.20 Å². The number of nitrogens with one attached hydrogen (secondary N) is 2. The molecule has 2 heterocycles. The van der Waals surface area contributed by atoms with E-state index in [0.717, 1.165) is 11.4 Å². The number of hydrogen-bond acceptors (Lipinski definition) is 4. The summed E-state index contributed by atoms with van der Waals surface area (Å²) < 4.78 is 1.66. The zero-order valence-electron chi connectivity index (χ0n) is 12.8. The van der Waals surface area contributed by atoms with E-state index in [0.29, 0.717) is 30.2 Å². The zero-order chi connectivity index (χ0) is 16.4. The summed E-state index contributed by atoms with van der Waals surface area (Å²) in [7, 11) is 0. The van der Waals surface area contributed by atoms with Crippen LogP contribution in [-0.4, -0.2) is 46.5 Å². The Labute approximate surface area is 139 Å². The summed E-state index contributed by atoms with van der Waals surface area (Å²) in [4.78, 5) is 12.4. The summed E-state index contributed by atoms with van der Waals surface area (Å²) in [6, 6.07) is 7.35. The number of carbonyl (C=O) groups is 1. The molecule has 3 N–H and O–H groups in total.